The Morgan fingerprint density at radius 2 is 1.89 bits per heavy atom. The van der Waals surface area contributed by atoms with Crippen LogP contribution in [0.5, 0.6) is 5.75 Å². The lowest BCUT2D eigenvalue weighted by Gasteiger charge is -2.12. The van der Waals surface area contributed by atoms with Crippen LogP contribution in [0.1, 0.15) is 50.9 Å². The van der Waals surface area contributed by atoms with E-state index in [4.69, 9.17) is 9.15 Å². The molecule has 0 amide bonds. The summed E-state index contributed by atoms with van der Waals surface area (Å²) < 4.78 is 11.9. The van der Waals surface area contributed by atoms with Crippen LogP contribution in [0.3, 0.4) is 0 Å². The third-order valence-electron chi connectivity index (χ3n) is 4.89. The Morgan fingerprint density at radius 3 is 2.56 bits per heavy atom. The maximum absolute atomic E-state index is 13.1. The largest absolute Gasteiger partial charge is 0.495 e. The number of rotatable bonds is 6. The smallest absolute Gasteiger partial charge is 0.196 e. The molecular weight excluding hydrogens is 404 g/mol. The zero-order chi connectivity index (χ0) is 19.6. The summed E-state index contributed by atoms with van der Waals surface area (Å²) in [4.78, 5) is 13.1. The van der Waals surface area contributed by atoms with E-state index in [2.05, 4.69) is 48.0 Å². The number of aryl methyl sites for hydroxylation is 3. The summed E-state index contributed by atoms with van der Waals surface area (Å²) in [6.45, 7) is 6.23. The molecule has 0 aliphatic rings. The molecule has 0 saturated heterocycles. The minimum Gasteiger partial charge on any atom is -0.495 e. The molecule has 0 N–H and O–H groups in total. The predicted molar refractivity (Wildman–Crippen MR) is 111 cm³/mol. The number of ketones is 1. The number of furan rings is 1. The lowest BCUT2D eigenvalue weighted by atomic mass is 9.97. The summed E-state index contributed by atoms with van der Waals surface area (Å²) >= 11 is 3.52. The Labute approximate surface area is 168 Å². The van der Waals surface area contributed by atoms with Crippen LogP contribution < -0.4 is 4.74 Å². The van der Waals surface area contributed by atoms with Gasteiger partial charge in [0.2, 0.25) is 0 Å². The van der Waals surface area contributed by atoms with Gasteiger partial charge in [0.25, 0.3) is 0 Å². The fourth-order valence-corrected chi connectivity index (χ4v) is 3.87. The van der Waals surface area contributed by atoms with Crippen LogP contribution in [-0.2, 0) is 12.8 Å². The number of benzene rings is 2. The Balaban J connectivity index is 1.94. The van der Waals surface area contributed by atoms with Crippen molar-refractivity contribution in [2.24, 2.45) is 0 Å². The van der Waals surface area contributed by atoms with Crippen molar-refractivity contribution in [3.05, 3.63) is 86.3 Å². The van der Waals surface area contributed by atoms with Crippen LogP contribution >= 0.6 is 15.9 Å². The summed E-state index contributed by atoms with van der Waals surface area (Å²) in [5.74, 6) is 1.42. The van der Waals surface area contributed by atoms with Gasteiger partial charge >= 0.3 is 0 Å². The number of carbonyl (C=O) groups excluding carboxylic acids is 1. The number of hydrogen-bond acceptors (Lipinski definition) is 3. The van der Waals surface area contributed by atoms with Crippen molar-refractivity contribution in [2.75, 3.05) is 7.11 Å². The summed E-state index contributed by atoms with van der Waals surface area (Å²) in [7, 11) is 1.64. The van der Waals surface area contributed by atoms with Gasteiger partial charge in [-0.3, -0.25) is 4.79 Å². The lowest BCUT2D eigenvalue weighted by molar-refractivity contribution is 0.103. The lowest BCUT2D eigenvalue weighted by Crippen LogP contribution is -2.06. The zero-order valence-electron chi connectivity index (χ0n) is 16.1. The van der Waals surface area contributed by atoms with E-state index in [1.54, 1.807) is 19.4 Å². The van der Waals surface area contributed by atoms with Gasteiger partial charge in [-0.1, -0.05) is 25.1 Å². The molecule has 0 aliphatic carbocycles. The first-order chi connectivity index (χ1) is 12.9. The minimum absolute atomic E-state index is 0.0411. The van der Waals surface area contributed by atoms with E-state index in [9.17, 15) is 4.79 Å². The van der Waals surface area contributed by atoms with E-state index in [1.165, 1.54) is 11.1 Å². The van der Waals surface area contributed by atoms with Gasteiger partial charge in [0.15, 0.2) is 5.78 Å². The van der Waals surface area contributed by atoms with Crippen molar-refractivity contribution in [3.63, 3.8) is 0 Å². The highest BCUT2D eigenvalue weighted by Crippen LogP contribution is 2.32. The minimum atomic E-state index is -0.0411. The van der Waals surface area contributed by atoms with Crippen LogP contribution in [0.2, 0.25) is 0 Å². The van der Waals surface area contributed by atoms with Gasteiger partial charge in [-0.25, -0.2) is 0 Å². The molecule has 27 heavy (non-hydrogen) atoms. The van der Waals surface area contributed by atoms with Gasteiger partial charge in [-0.05, 0) is 76.7 Å². The number of halogens is 1. The van der Waals surface area contributed by atoms with Crippen molar-refractivity contribution >= 4 is 21.7 Å². The molecule has 0 bridgehead atoms. The number of methoxy groups -OCH3 is 1. The van der Waals surface area contributed by atoms with E-state index >= 15 is 0 Å². The maximum Gasteiger partial charge on any atom is 0.196 e. The van der Waals surface area contributed by atoms with Gasteiger partial charge < -0.3 is 9.15 Å². The normalized spacial score (nSPS) is 10.9. The third kappa shape index (κ3) is 4.01. The van der Waals surface area contributed by atoms with Crippen molar-refractivity contribution in [2.45, 2.75) is 33.6 Å². The van der Waals surface area contributed by atoms with E-state index in [1.807, 2.05) is 19.1 Å². The first-order valence-corrected chi connectivity index (χ1v) is 9.77. The van der Waals surface area contributed by atoms with E-state index in [-0.39, 0.29) is 5.78 Å². The average Bonchev–Trinajstić information content (AvgIpc) is 3.11. The molecule has 3 rings (SSSR count). The highest BCUT2D eigenvalue weighted by atomic mass is 79.9. The molecule has 0 radical (unpaired) electrons. The molecule has 4 heteroatoms. The van der Waals surface area contributed by atoms with Gasteiger partial charge in [-0.2, -0.15) is 0 Å². The van der Waals surface area contributed by atoms with Crippen molar-refractivity contribution in [1.29, 1.82) is 0 Å². The van der Waals surface area contributed by atoms with Crippen LogP contribution in [-0.4, -0.2) is 12.9 Å². The zero-order valence-corrected chi connectivity index (χ0v) is 17.6. The van der Waals surface area contributed by atoms with Crippen molar-refractivity contribution in [3.8, 4) is 5.75 Å². The summed E-state index contributed by atoms with van der Waals surface area (Å²) in [6, 6.07) is 11.8. The third-order valence-corrected chi connectivity index (χ3v) is 5.48. The Bertz CT molecular complexity index is 985. The SMILES string of the molecule is CCc1cc(C(=O)c2ccoc2Cc2ccc(C)c(C)c2)cc(Br)c1OC. The fourth-order valence-electron chi connectivity index (χ4n) is 3.21. The molecule has 1 aromatic heterocycles. The number of ether oxygens (including phenoxy) is 1. The molecule has 2 aromatic carbocycles. The standard InChI is InChI=1S/C23H23BrO3/c1-5-17-12-18(13-20(24)23(17)26-4)22(25)19-8-9-27-21(19)11-16-7-6-14(2)15(3)10-16/h6-10,12-13H,5,11H2,1-4H3. The first kappa shape index (κ1) is 19.4. The van der Waals surface area contributed by atoms with E-state index in [0.717, 1.165) is 27.8 Å². The highest BCUT2D eigenvalue weighted by Gasteiger charge is 2.20. The molecule has 1 heterocycles. The summed E-state index contributed by atoms with van der Waals surface area (Å²) in [5.41, 5.74) is 5.85. The molecular formula is C23H23BrO3. The molecule has 0 spiro atoms. The molecule has 3 aromatic rings. The monoisotopic (exact) mass is 426 g/mol. The summed E-state index contributed by atoms with van der Waals surface area (Å²) in [5, 5.41) is 0. The van der Waals surface area contributed by atoms with Gasteiger partial charge in [0, 0.05) is 12.0 Å². The Hall–Kier alpha value is -2.33. The molecule has 0 saturated carbocycles. The Morgan fingerprint density at radius 1 is 1.11 bits per heavy atom. The second-order valence-corrected chi connectivity index (χ2v) is 7.54. The quantitative estimate of drug-likeness (QED) is 0.450. The number of carbonyl (C=O) groups is 1. The summed E-state index contributed by atoms with van der Waals surface area (Å²) in [6.07, 6.45) is 2.96. The van der Waals surface area contributed by atoms with Crippen LogP contribution in [0.25, 0.3) is 0 Å². The van der Waals surface area contributed by atoms with Crippen molar-refractivity contribution < 1.29 is 13.9 Å². The van der Waals surface area contributed by atoms with E-state index in [0.29, 0.717) is 23.3 Å². The van der Waals surface area contributed by atoms with Gasteiger partial charge in [0.1, 0.15) is 11.5 Å². The molecule has 140 valence electrons. The van der Waals surface area contributed by atoms with Crippen LogP contribution in [0.15, 0.2) is 51.6 Å². The number of hydrogen-bond donors (Lipinski definition) is 0. The van der Waals surface area contributed by atoms with Gasteiger partial charge in [-0.15, -0.1) is 0 Å². The maximum atomic E-state index is 13.1. The second kappa shape index (κ2) is 8.13. The highest BCUT2D eigenvalue weighted by molar-refractivity contribution is 9.10. The Kier molecular flexibility index (Phi) is 5.85. The van der Waals surface area contributed by atoms with Crippen LogP contribution in [0, 0.1) is 13.8 Å². The molecule has 0 unspecified atom stereocenters. The van der Waals surface area contributed by atoms with E-state index < -0.39 is 0 Å². The first-order valence-electron chi connectivity index (χ1n) is 8.98. The average molecular weight is 427 g/mol. The topological polar surface area (TPSA) is 39.4 Å². The van der Waals surface area contributed by atoms with Gasteiger partial charge in [0.05, 0.1) is 23.4 Å². The molecule has 0 aliphatic heterocycles. The molecule has 0 atom stereocenters. The van der Waals surface area contributed by atoms with Crippen molar-refractivity contribution in [1.82, 2.24) is 0 Å². The predicted octanol–water partition coefficient (Wildman–Crippen LogP) is 6.05. The van der Waals surface area contributed by atoms with Crippen LogP contribution in [0.4, 0.5) is 0 Å². The molecule has 3 nitrogen and oxygen atoms in total. The second-order valence-electron chi connectivity index (χ2n) is 6.69. The fraction of sp³-hybridized carbons (Fsp3) is 0.261. The molecule has 0 fully saturated rings.